The van der Waals surface area contributed by atoms with E-state index in [0.717, 1.165) is 5.57 Å². The summed E-state index contributed by atoms with van der Waals surface area (Å²) in [5, 5.41) is 8.76. The molecular weight excluding hydrogens is 446 g/mol. The molecule has 0 bridgehead atoms. The van der Waals surface area contributed by atoms with Crippen LogP contribution in [0.1, 0.15) is 33.1 Å². The summed E-state index contributed by atoms with van der Waals surface area (Å²) in [5.74, 6) is -2.09. The SMILES string of the molecule is C/C=C\N1C=C(c2n[nH]c(=O)o2)C(Nc2ccc(Br)cc2F)=C(F)C1=C(C)CC. The number of benzene rings is 1. The van der Waals surface area contributed by atoms with E-state index in [1.165, 1.54) is 12.1 Å². The van der Waals surface area contributed by atoms with Crippen LogP contribution in [0.25, 0.3) is 5.57 Å². The van der Waals surface area contributed by atoms with Crippen molar-refractivity contribution in [2.24, 2.45) is 0 Å². The zero-order valence-corrected chi connectivity index (χ0v) is 17.6. The number of hydrogen-bond donors (Lipinski definition) is 2. The maximum atomic E-state index is 15.7. The molecule has 9 heteroatoms. The molecule has 0 atom stereocenters. The second-order valence-corrected chi connectivity index (χ2v) is 7.19. The summed E-state index contributed by atoms with van der Waals surface area (Å²) >= 11 is 3.20. The van der Waals surface area contributed by atoms with Crippen molar-refractivity contribution in [2.45, 2.75) is 27.2 Å². The van der Waals surface area contributed by atoms with Crippen molar-refractivity contribution >= 4 is 27.2 Å². The summed E-state index contributed by atoms with van der Waals surface area (Å²) in [6.45, 7) is 5.53. The molecule has 0 spiro atoms. The van der Waals surface area contributed by atoms with Crippen molar-refractivity contribution in [3.63, 3.8) is 0 Å². The smallest absolute Gasteiger partial charge is 0.388 e. The van der Waals surface area contributed by atoms with Crippen molar-refractivity contribution in [1.82, 2.24) is 15.1 Å². The molecule has 0 fully saturated rings. The van der Waals surface area contributed by atoms with Gasteiger partial charge in [-0.25, -0.2) is 18.7 Å². The molecule has 0 amide bonds. The van der Waals surface area contributed by atoms with Crippen LogP contribution in [0.5, 0.6) is 0 Å². The Morgan fingerprint density at radius 3 is 2.76 bits per heavy atom. The monoisotopic (exact) mass is 464 g/mol. The Balaban J connectivity index is 2.21. The number of allylic oxidation sites excluding steroid dienone is 4. The van der Waals surface area contributed by atoms with E-state index in [9.17, 15) is 9.18 Å². The average Bonchev–Trinajstić information content (AvgIpc) is 3.11. The summed E-state index contributed by atoms with van der Waals surface area (Å²) in [7, 11) is 0. The van der Waals surface area contributed by atoms with Gasteiger partial charge in [-0.3, -0.25) is 0 Å². The first-order valence-electron chi connectivity index (χ1n) is 8.86. The number of halogens is 3. The van der Waals surface area contributed by atoms with Crippen LogP contribution in [0.15, 0.2) is 73.2 Å². The van der Waals surface area contributed by atoms with Gasteiger partial charge in [0.1, 0.15) is 5.82 Å². The molecule has 2 aromatic rings. The first-order valence-corrected chi connectivity index (χ1v) is 9.66. The van der Waals surface area contributed by atoms with Crippen LogP contribution in [0.3, 0.4) is 0 Å². The second kappa shape index (κ2) is 8.60. The molecule has 0 saturated carbocycles. The van der Waals surface area contributed by atoms with Gasteiger partial charge in [0.2, 0.25) is 0 Å². The molecule has 2 N–H and O–H groups in total. The second-order valence-electron chi connectivity index (χ2n) is 6.27. The summed E-state index contributed by atoms with van der Waals surface area (Å²) < 4.78 is 35.7. The molecule has 0 saturated heterocycles. The van der Waals surface area contributed by atoms with E-state index in [1.807, 2.05) is 13.8 Å². The highest BCUT2D eigenvalue weighted by atomic mass is 79.9. The molecule has 1 aromatic heterocycles. The minimum atomic E-state index is -0.779. The number of rotatable bonds is 5. The number of hydrogen-bond acceptors (Lipinski definition) is 5. The minimum absolute atomic E-state index is 0.0509. The van der Waals surface area contributed by atoms with Crippen LogP contribution < -0.4 is 11.1 Å². The Labute approximate surface area is 174 Å². The van der Waals surface area contributed by atoms with Gasteiger partial charge in [-0.2, -0.15) is 0 Å². The van der Waals surface area contributed by atoms with E-state index in [0.29, 0.717) is 16.6 Å². The molecule has 152 valence electrons. The third-order valence-electron chi connectivity index (χ3n) is 4.33. The highest BCUT2D eigenvalue weighted by Gasteiger charge is 2.30. The van der Waals surface area contributed by atoms with Gasteiger partial charge in [0.05, 0.1) is 22.7 Å². The molecular formula is C20H19BrF2N4O2. The zero-order valence-electron chi connectivity index (χ0n) is 16.0. The largest absolute Gasteiger partial charge is 0.434 e. The molecule has 0 unspecified atom stereocenters. The topological polar surface area (TPSA) is 74.2 Å². The predicted octanol–water partition coefficient (Wildman–Crippen LogP) is 5.43. The van der Waals surface area contributed by atoms with E-state index in [-0.39, 0.29) is 22.8 Å². The molecule has 3 rings (SSSR count). The fraction of sp³-hybridized carbons (Fsp3) is 0.200. The predicted molar refractivity (Wildman–Crippen MR) is 111 cm³/mol. The van der Waals surface area contributed by atoms with Crippen molar-refractivity contribution < 1.29 is 13.2 Å². The fourth-order valence-corrected chi connectivity index (χ4v) is 3.16. The molecule has 0 aliphatic carbocycles. The first-order chi connectivity index (χ1) is 13.8. The molecule has 2 heterocycles. The summed E-state index contributed by atoms with van der Waals surface area (Å²) in [5.41, 5.74) is 1.29. The van der Waals surface area contributed by atoms with Gasteiger partial charge in [0, 0.05) is 16.9 Å². The number of nitrogens with zero attached hydrogens (tertiary/aromatic N) is 2. The van der Waals surface area contributed by atoms with Gasteiger partial charge in [-0.05, 0) is 44.0 Å². The lowest BCUT2D eigenvalue weighted by atomic mass is 10.0. The number of aromatic amines is 1. The standard InChI is InChI=1S/C20H19BrF2N4O2/c1-4-8-27-10-13(19-25-26-20(28)29-19)17(16(23)18(27)11(3)5-2)24-15-7-6-12(21)9-14(15)22/h4,6-10,24H,5H2,1-3H3,(H,26,28)/b8-4-,18-11?. The number of H-pyrrole nitrogens is 1. The van der Waals surface area contributed by atoms with Gasteiger partial charge in [0.25, 0.3) is 5.89 Å². The Kier molecular flexibility index (Phi) is 6.17. The van der Waals surface area contributed by atoms with Gasteiger partial charge in [0.15, 0.2) is 5.83 Å². The fourth-order valence-electron chi connectivity index (χ4n) is 2.83. The summed E-state index contributed by atoms with van der Waals surface area (Å²) in [4.78, 5) is 13.0. The van der Waals surface area contributed by atoms with E-state index >= 15 is 4.39 Å². The van der Waals surface area contributed by atoms with Crippen LogP contribution in [0.2, 0.25) is 0 Å². The molecule has 1 aromatic carbocycles. The molecule has 1 aliphatic rings. The third kappa shape index (κ3) is 4.24. The van der Waals surface area contributed by atoms with Gasteiger partial charge in [-0.15, -0.1) is 5.10 Å². The number of aromatic nitrogens is 2. The van der Waals surface area contributed by atoms with Crippen LogP contribution in [-0.4, -0.2) is 15.1 Å². The maximum Gasteiger partial charge on any atom is 0.434 e. The average molecular weight is 465 g/mol. The van der Waals surface area contributed by atoms with Crippen molar-refractivity contribution in [2.75, 3.05) is 5.32 Å². The Morgan fingerprint density at radius 2 is 2.17 bits per heavy atom. The van der Waals surface area contributed by atoms with Crippen LogP contribution in [0, 0.1) is 5.82 Å². The number of nitrogens with one attached hydrogen (secondary N) is 2. The van der Waals surface area contributed by atoms with Gasteiger partial charge >= 0.3 is 5.76 Å². The maximum absolute atomic E-state index is 15.7. The lowest BCUT2D eigenvalue weighted by molar-refractivity contribution is 0.490. The van der Waals surface area contributed by atoms with Crippen LogP contribution in [0.4, 0.5) is 14.5 Å². The Hall–Kier alpha value is -2.94. The van der Waals surface area contributed by atoms with E-state index in [1.54, 1.807) is 36.4 Å². The highest BCUT2D eigenvalue weighted by molar-refractivity contribution is 9.10. The normalized spacial score (nSPS) is 16.5. The van der Waals surface area contributed by atoms with E-state index < -0.39 is 17.4 Å². The third-order valence-corrected chi connectivity index (χ3v) is 4.82. The lowest BCUT2D eigenvalue weighted by Crippen LogP contribution is -2.22. The minimum Gasteiger partial charge on any atom is -0.388 e. The Morgan fingerprint density at radius 1 is 1.41 bits per heavy atom. The summed E-state index contributed by atoms with van der Waals surface area (Å²) in [6, 6.07) is 4.37. The van der Waals surface area contributed by atoms with Gasteiger partial charge in [-0.1, -0.05) is 28.9 Å². The van der Waals surface area contributed by atoms with E-state index in [2.05, 4.69) is 31.4 Å². The van der Waals surface area contributed by atoms with Crippen molar-refractivity contribution in [3.8, 4) is 0 Å². The zero-order chi connectivity index (χ0) is 21.1. The molecule has 29 heavy (non-hydrogen) atoms. The van der Waals surface area contributed by atoms with Crippen molar-refractivity contribution in [3.05, 3.63) is 86.2 Å². The first kappa shape index (κ1) is 20.8. The lowest BCUT2D eigenvalue weighted by Gasteiger charge is -2.29. The van der Waals surface area contributed by atoms with E-state index in [4.69, 9.17) is 4.42 Å². The highest BCUT2D eigenvalue weighted by Crippen LogP contribution is 2.38. The molecule has 1 aliphatic heterocycles. The quantitative estimate of drug-likeness (QED) is 0.616. The van der Waals surface area contributed by atoms with Crippen LogP contribution in [-0.2, 0) is 0 Å². The van der Waals surface area contributed by atoms with Crippen molar-refractivity contribution in [1.29, 1.82) is 0 Å². The van der Waals surface area contributed by atoms with Crippen LogP contribution >= 0.6 is 15.9 Å². The van der Waals surface area contributed by atoms with Gasteiger partial charge < -0.3 is 14.6 Å². The summed E-state index contributed by atoms with van der Waals surface area (Å²) in [6.07, 6.45) is 5.61. The Bertz CT molecular complexity index is 1110. The molecule has 0 radical (unpaired) electrons. The number of anilines is 1. The molecule has 6 nitrogen and oxygen atoms in total.